The van der Waals surface area contributed by atoms with Crippen molar-refractivity contribution < 1.29 is 14.1 Å². The maximum absolute atomic E-state index is 11.0. The Morgan fingerprint density at radius 2 is 2.22 bits per heavy atom. The van der Waals surface area contributed by atoms with Gasteiger partial charge in [-0.05, 0) is 41.1 Å². The summed E-state index contributed by atoms with van der Waals surface area (Å²) in [7, 11) is 0. The zero-order valence-corrected chi connectivity index (χ0v) is 12.0. The normalized spacial score (nSPS) is 10.4. The molecule has 1 aromatic heterocycles. The summed E-state index contributed by atoms with van der Waals surface area (Å²) in [5.74, 6) is 0.281. The van der Waals surface area contributed by atoms with Crippen molar-refractivity contribution in [2.45, 2.75) is 13.8 Å². The highest BCUT2D eigenvalue weighted by Gasteiger charge is 2.18. The third-order valence-electron chi connectivity index (χ3n) is 2.24. The highest BCUT2D eigenvalue weighted by atomic mass is 79.9. The number of hydrogen-bond donors (Lipinski definition) is 0. The lowest BCUT2D eigenvalue weighted by molar-refractivity contribution is -0.131. The Hall–Kier alpha value is -1.33. The Balaban J connectivity index is 2.50. The fourth-order valence-electron chi connectivity index (χ4n) is 1.45. The van der Waals surface area contributed by atoms with E-state index in [1.807, 2.05) is 0 Å². The molecule has 0 aliphatic carbocycles. The largest absolute Gasteiger partial charge is 0.420 e. The molecule has 0 aliphatic heterocycles. The topological polar surface area (TPSA) is 52.3 Å². The van der Waals surface area contributed by atoms with Gasteiger partial charge in [0.15, 0.2) is 0 Å². The van der Waals surface area contributed by atoms with Crippen LogP contribution in [-0.4, -0.2) is 11.1 Å². The zero-order chi connectivity index (χ0) is 13.3. The van der Waals surface area contributed by atoms with Crippen molar-refractivity contribution in [3.63, 3.8) is 0 Å². The van der Waals surface area contributed by atoms with Crippen molar-refractivity contribution in [1.29, 1.82) is 0 Å². The predicted molar refractivity (Wildman–Crippen MR) is 70.7 cm³/mol. The van der Waals surface area contributed by atoms with Crippen LogP contribution in [0.3, 0.4) is 0 Å². The lowest BCUT2D eigenvalue weighted by Crippen LogP contribution is -2.02. The van der Waals surface area contributed by atoms with Crippen LogP contribution in [0, 0.1) is 6.92 Å². The number of nitrogens with zero attached hydrogens (tertiary/aromatic N) is 1. The molecule has 4 nitrogen and oxygen atoms in total. The molecule has 0 saturated heterocycles. The molecule has 0 N–H and O–H groups in total. The number of carbonyl (C=O) groups is 1. The van der Waals surface area contributed by atoms with E-state index in [9.17, 15) is 4.79 Å². The van der Waals surface area contributed by atoms with Gasteiger partial charge < -0.3 is 9.26 Å². The van der Waals surface area contributed by atoms with Gasteiger partial charge in [0.25, 0.3) is 0 Å². The first kappa shape index (κ1) is 13.1. The van der Waals surface area contributed by atoms with Crippen molar-refractivity contribution in [3.8, 4) is 17.1 Å². The number of rotatable bonds is 2. The summed E-state index contributed by atoms with van der Waals surface area (Å²) in [4.78, 5) is 11.0. The van der Waals surface area contributed by atoms with Crippen molar-refractivity contribution in [3.05, 3.63) is 33.4 Å². The summed E-state index contributed by atoms with van der Waals surface area (Å²) < 4.78 is 11.0. The number of ether oxygens (including phenoxy) is 1. The first-order chi connectivity index (χ1) is 8.49. The molecular weight excluding hydrogens is 321 g/mol. The molecule has 2 aromatic rings. The molecule has 0 spiro atoms. The summed E-state index contributed by atoms with van der Waals surface area (Å²) >= 11 is 9.31. The molecule has 94 valence electrons. The van der Waals surface area contributed by atoms with E-state index in [4.69, 9.17) is 20.9 Å². The van der Waals surface area contributed by atoms with E-state index in [0.717, 1.165) is 4.47 Å². The monoisotopic (exact) mass is 329 g/mol. The minimum atomic E-state index is -0.425. The molecule has 0 bridgehead atoms. The second-order valence-electron chi connectivity index (χ2n) is 3.65. The van der Waals surface area contributed by atoms with Crippen molar-refractivity contribution in [1.82, 2.24) is 5.16 Å². The fourth-order valence-corrected chi connectivity index (χ4v) is 1.87. The predicted octanol–water partition coefficient (Wildman–Crippen LogP) is 3.99. The number of aryl methyl sites for hydroxylation is 1. The highest BCUT2D eigenvalue weighted by Crippen LogP contribution is 2.36. The molecule has 0 radical (unpaired) electrons. The van der Waals surface area contributed by atoms with Crippen LogP contribution < -0.4 is 4.74 Å². The Morgan fingerprint density at radius 1 is 1.50 bits per heavy atom. The number of hydrogen-bond acceptors (Lipinski definition) is 4. The number of benzene rings is 1. The van der Waals surface area contributed by atoms with E-state index in [-0.39, 0.29) is 0 Å². The Labute approximate surface area is 117 Å². The van der Waals surface area contributed by atoms with Crippen LogP contribution in [0.4, 0.5) is 0 Å². The van der Waals surface area contributed by atoms with Gasteiger partial charge in [0.2, 0.25) is 11.5 Å². The smallest absolute Gasteiger partial charge is 0.308 e. The van der Waals surface area contributed by atoms with Gasteiger partial charge in [-0.3, -0.25) is 4.79 Å². The van der Waals surface area contributed by atoms with E-state index < -0.39 is 5.97 Å². The molecule has 0 aliphatic rings. The standard InChI is InChI=1S/C12H9BrClNO3/c1-6-11(17-7(2)16)12(18-15-6)8-3-4-9(13)10(14)5-8/h3-5H,1-2H3. The molecule has 0 saturated carbocycles. The van der Waals surface area contributed by atoms with Gasteiger partial charge in [-0.25, -0.2) is 0 Å². The van der Waals surface area contributed by atoms with Gasteiger partial charge in [-0.2, -0.15) is 0 Å². The number of carbonyl (C=O) groups excluding carboxylic acids is 1. The van der Waals surface area contributed by atoms with Crippen LogP contribution in [0.5, 0.6) is 5.75 Å². The highest BCUT2D eigenvalue weighted by molar-refractivity contribution is 9.10. The van der Waals surface area contributed by atoms with Crippen LogP contribution in [-0.2, 0) is 4.79 Å². The van der Waals surface area contributed by atoms with Crippen molar-refractivity contribution >= 4 is 33.5 Å². The van der Waals surface area contributed by atoms with E-state index >= 15 is 0 Å². The molecule has 2 rings (SSSR count). The second-order valence-corrected chi connectivity index (χ2v) is 4.91. The molecule has 18 heavy (non-hydrogen) atoms. The van der Waals surface area contributed by atoms with E-state index in [2.05, 4.69) is 21.1 Å². The second kappa shape index (κ2) is 5.12. The van der Waals surface area contributed by atoms with Gasteiger partial charge in [-0.15, -0.1) is 0 Å². The van der Waals surface area contributed by atoms with Crippen molar-refractivity contribution in [2.75, 3.05) is 0 Å². The number of esters is 1. The molecule has 6 heteroatoms. The summed E-state index contributed by atoms with van der Waals surface area (Å²) in [5, 5.41) is 4.33. The average Bonchev–Trinajstić information content (AvgIpc) is 2.64. The van der Waals surface area contributed by atoms with Gasteiger partial charge in [0.05, 0.1) is 5.02 Å². The summed E-state index contributed by atoms with van der Waals surface area (Å²) in [6, 6.07) is 5.29. The third-order valence-corrected chi connectivity index (χ3v) is 3.47. The molecule has 0 unspecified atom stereocenters. The summed E-state index contributed by atoms with van der Waals surface area (Å²) in [6.45, 7) is 3.02. The van der Waals surface area contributed by atoms with Crippen molar-refractivity contribution in [2.24, 2.45) is 0 Å². The van der Waals surface area contributed by atoms with Gasteiger partial charge in [0.1, 0.15) is 5.69 Å². The number of halogens is 2. The van der Waals surface area contributed by atoms with Gasteiger partial charge >= 0.3 is 5.97 Å². The number of aromatic nitrogens is 1. The molecule has 0 fully saturated rings. The zero-order valence-electron chi connectivity index (χ0n) is 9.66. The minimum absolute atomic E-state index is 0.320. The van der Waals surface area contributed by atoms with Crippen LogP contribution in [0.2, 0.25) is 5.02 Å². The van der Waals surface area contributed by atoms with Crippen LogP contribution in [0.25, 0.3) is 11.3 Å². The summed E-state index contributed by atoms with van der Waals surface area (Å²) in [5.41, 5.74) is 1.21. The first-order valence-electron chi connectivity index (χ1n) is 5.09. The lowest BCUT2D eigenvalue weighted by Gasteiger charge is -2.03. The molecule has 0 amide bonds. The maximum atomic E-state index is 11.0. The van der Waals surface area contributed by atoms with Gasteiger partial charge in [0, 0.05) is 17.0 Å². The Morgan fingerprint density at radius 3 is 2.83 bits per heavy atom. The average molecular weight is 331 g/mol. The Bertz CT molecular complexity index is 609. The molecular formula is C12H9BrClNO3. The maximum Gasteiger partial charge on any atom is 0.308 e. The van der Waals surface area contributed by atoms with Crippen LogP contribution in [0.15, 0.2) is 27.2 Å². The molecule has 1 aromatic carbocycles. The molecule has 1 heterocycles. The van der Waals surface area contributed by atoms with E-state index in [0.29, 0.717) is 27.8 Å². The first-order valence-corrected chi connectivity index (χ1v) is 6.26. The Kier molecular flexibility index (Phi) is 3.73. The fraction of sp³-hybridized carbons (Fsp3) is 0.167. The van der Waals surface area contributed by atoms with E-state index in [1.165, 1.54) is 6.92 Å². The lowest BCUT2D eigenvalue weighted by atomic mass is 10.1. The quantitative estimate of drug-likeness (QED) is 0.781. The third kappa shape index (κ3) is 2.57. The summed E-state index contributed by atoms with van der Waals surface area (Å²) in [6.07, 6.45) is 0. The SMILES string of the molecule is CC(=O)Oc1c(C)noc1-c1ccc(Br)c(Cl)c1. The van der Waals surface area contributed by atoms with Crippen LogP contribution in [0.1, 0.15) is 12.6 Å². The van der Waals surface area contributed by atoms with Gasteiger partial charge in [-0.1, -0.05) is 16.8 Å². The minimum Gasteiger partial charge on any atom is -0.420 e. The van der Waals surface area contributed by atoms with Crippen LogP contribution >= 0.6 is 27.5 Å². The molecule has 0 atom stereocenters. The van der Waals surface area contributed by atoms with E-state index in [1.54, 1.807) is 25.1 Å².